The normalized spacial score (nSPS) is 11.1. The minimum Gasteiger partial charge on any atom is -0.381 e. The summed E-state index contributed by atoms with van der Waals surface area (Å²) in [5.41, 5.74) is -1.69. The van der Waals surface area contributed by atoms with Gasteiger partial charge in [-0.3, -0.25) is 20.2 Å². The molecule has 1 aromatic rings. The van der Waals surface area contributed by atoms with Gasteiger partial charge in [-0.1, -0.05) is 0 Å². The average Bonchev–Trinajstić information content (AvgIpc) is 2.36. The Morgan fingerprint density at radius 1 is 1.11 bits per heavy atom. The van der Waals surface area contributed by atoms with E-state index in [0.717, 1.165) is 13.1 Å². The quantitative estimate of drug-likeness (QED) is 0.591. The average molecular weight is 290 g/mol. The van der Waals surface area contributed by atoms with Crippen LogP contribution in [0, 0.1) is 20.2 Å². The predicted molar refractivity (Wildman–Crippen MR) is 65.5 cm³/mol. The van der Waals surface area contributed by atoms with Gasteiger partial charge in [0.1, 0.15) is 10.6 Å². The smallest absolute Gasteiger partial charge is 0.300 e. The highest BCUT2D eigenvalue weighted by Gasteiger charge is 2.29. The lowest BCUT2D eigenvalue weighted by Gasteiger charge is -2.09. The van der Waals surface area contributed by atoms with E-state index in [9.17, 15) is 28.6 Å². The Hall–Kier alpha value is -2.27. The van der Waals surface area contributed by atoms with E-state index in [4.69, 9.17) is 0 Å². The maximum Gasteiger partial charge on any atom is 0.300 e. The SMILES string of the molecule is CNc1c([N+](=O)[O-])cc([N+](=O)[O-])cc1S(=O)(=O)NC. The van der Waals surface area contributed by atoms with E-state index in [2.05, 4.69) is 5.32 Å². The number of nitro groups is 2. The summed E-state index contributed by atoms with van der Waals surface area (Å²) in [5, 5.41) is 23.9. The Labute approximate surface area is 107 Å². The minimum absolute atomic E-state index is 0.315. The zero-order valence-electron chi connectivity index (χ0n) is 9.91. The number of nitro benzene ring substituents is 2. The van der Waals surface area contributed by atoms with Crippen molar-refractivity contribution < 1.29 is 18.3 Å². The van der Waals surface area contributed by atoms with Crippen molar-refractivity contribution in [3.63, 3.8) is 0 Å². The number of anilines is 1. The van der Waals surface area contributed by atoms with Crippen molar-refractivity contribution >= 4 is 27.1 Å². The van der Waals surface area contributed by atoms with Crippen LogP contribution in [-0.4, -0.2) is 32.4 Å². The molecule has 1 rings (SSSR count). The molecule has 2 N–H and O–H groups in total. The van der Waals surface area contributed by atoms with Gasteiger partial charge in [-0.25, -0.2) is 13.1 Å². The minimum atomic E-state index is -4.07. The van der Waals surface area contributed by atoms with Gasteiger partial charge in [0, 0.05) is 13.1 Å². The number of sulfonamides is 1. The van der Waals surface area contributed by atoms with E-state index in [0.29, 0.717) is 6.07 Å². The first-order valence-corrected chi connectivity index (χ1v) is 6.31. The topological polar surface area (TPSA) is 144 Å². The van der Waals surface area contributed by atoms with E-state index in [1.807, 2.05) is 4.72 Å². The van der Waals surface area contributed by atoms with E-state index >= 15 is 0 Å². The van der Waals surface area contributed by atoms with Gasteiger partial charge in [-0.2, -0.15) is 0 Å². The van der Waals surface area contributed by atoms with Gasteiger partial charge >= 0.3 is 5.69 Å². The largest absolute Gasteiger partial charge is 0.381 e. The molecule has 0 saturated carbocycles. The molecule has 0 aliphatic heterocycles. The summed E-state index contributed by atoms with van der Waals surface area (Å²) >= 11 is 0. The molecule has 0 aromatic heterocycles. The lowest BCUT2D eigenvalue weighted by Crippen LogP contribution is -2.20. The summed E-state index contributed by atoms with van der Waals surface area (Å²) < 4.78 is 25.4. The van der Waals surface area contributed by atoms with Crippen molar-refractivity contribution in [3.05, 3.63) is 32.4 Å². The third kappa shape index (κ3) is 2.77. The fourth-order valence-electron chi connectivity index (χ4n) is 1.41. The lowest BCUT2D eigenvalue weighted by molar-refractivity contribution is -0.393. The standard InChI is InChI=1S/C8H10N4O6S/c1-9-8-6(12(15)16)3-5(11(13)14)4-7(8)19(17,18)10-2/h3-4,9-10H,1-2H3. The van der Waals surface area contributed by atoms with E-state index in [1.165, 1.54) is 7.05 Å². The second-order valence-corrected chi connectivity index (χ2v) is 5.16. The Morgan fingerprint density at radius 2 is 1.68 bits per heavy atom. The van der Waals surface area contributed by atoms with Gasteiger partial charge in [-0.05, 0) is 7.05 Å². The first kappa shape index (κ1) is 14.8. The predicted octanol–water partition coefficient (Wildman–Crippen LogP) is 0.453. The Bertz CT molecular complexity index is 641. The van der Waals surface area contributed by atoms with Crippen LogP contribution >= 0.6 is 0 Å². The van der Waals surface area contributed by atoms with Crippen molar-refractivity contribution in [2.75, 3.05) is 19.4 Å². The van der Waals surface area contributed by atoms with E-state index in [-0.39, 0.29) is 5.69 Å². The van der Waals surface area contributed by atoms with Crippen LogP contribution in [0.1, 0.15) is 0 Å². The molecule has 0 spiro atoms. The summed E-state index contributed by atoms with van der Waals surface area (Å²) in [5.74, 6) is 0. The van der Waals surface area contributed by atoms with Gasteiger partial charge in [0.15, 0.2) is 0 Å². The summed E-state index contributed by atoms with van der Waals surface area (Å²) in [4.78, 5) is 19.2. The molecule has 19 heavy (non-hydrogen) atoms. The molecule has 0 unspecified atom stereocenters. The molecule has 0 fully saturated rings. The van der Waals surface area contributed by atoms with Crippen molar-refractivity contribution in [3.8, 4) is 0 Å². The number of hydrogen-bond donors (Lipinski definition) is 2. The van der Waals surface area contributed by atoms with Crippen LogP contribution in [0.25, 0.3) is 0 Å². The molecule has 0 bridgehead atoms. The van der Waals surface area contributed by atoms with Gasteiger partial charge in [0.2, 0.25) is 10.0 Å². The monoisotopic (exact) mass is 290 g/mol. The molecule has 104 valence electrons. The molecule has 0 saturated heterocycles. The summed E-state index contributed by atoms with van der Waals surface area (Å²) in [6, 6.07) is 1.45. The third-order valence-electron chi connectivity index (χ3n) is 2.28. The Morgan fingerprint density at radius 3 is 2.05 bits per heavy atom. The van der Waals surface area contributed by atoms with Gasteiger partial charge < -0.3 is 5.32 Å². The Kier molecular flexibility index (Phi) is 4.01. The van der Waals surface area contributed by atoms with Gasteiger partial charge in [0.05, 0.1) is 15.9 Å². The van der Waals surface area contributed by atoms with Crippen LogP contribution in [0.15, 0.2) is 17.0 Å². The van der Waals surface area contributed by atoms with Crippen molar-refractivity contribution in [1.82, 2.24) is 4.72 Å². The van der Waals surface area contributed by atoms with Crippen molar-refractivity contribution in [2.24, 2.45) is 0 Å². The number of nitrogens with zero attached hydrogens (tertiary/aromatic N) is 2. The first-order valence-electron chi connectivity index (χ1n) is 4.82. The number of rotatable bonds is 5. The molecule has 10 nitrogen and oxygen atoms in total. The highest BCUT2D eigenvalue weighted by atomic mass is 32.2. The third-order valence-corrected chi connectivity index (χ3v) is 3.72. The van der Waals surface area contributed by atoms with Crippen LogP contribution in [0.3, 0.4) is 0 Å². The maximum absolute atomic E-state index is 11.7. The van der Waals surface area contributed by atoms with Gasteiger partial charge in [0.25, 0.3) is 5.69 Å². The fourth-order valence-corrected chi connectivity index (χ4v) is 2.38. The molecule has 1 aromatic carbocycles. The summed E-state index contributed by atoms with van der Waals surface area (Å²) in [6.07, 6.45) is 0. The molecular formula is C8H10N4O6S. The number of benzene rings is 1. The van der Waals surface area contributed by atoms with Gasteiger partial charge in [-0.15, -0.1) is 0 Å². The van der Waals surface area contributed by atoms with E-state index < -0.39 is 36.1 Å². The van der Waals surface area contributed by atoms with Crippen LogP contribution in [0.4, 0.5) is 17.1 Å². The molecule has 0 heterocycles. The number of non-ortho nitro benzene ring substituents is 1. The van der Waals surface area contributed by atoms with Crippen LogP contribution < -0.4 is 10.0 Å². The highest BCUT2D eigenvalue weighted by Crippen LogP contribution is 2.35. The maximum atomic E-state index is 11.7. The fraction of sp³-hybridized carbons (Fsp3) is 0.250. The molecule has 0 aliphatic carbocycles. The highest BCUT2D eigenvalue weighted by molar-refractivity contribution is 7.89. The molecule has 11 heteroatoms. The molecule has 0 radical (unpaired) electrons. The Balaban J connectivity index is 3.79. The van der Waals surface area contributed by atoms with E-state index in [1.54, 1.807) is 0 Å². The summed E-state index contributed by atoms with van der Waals surface area (Å²) in [7, 11) is -1.70. The number of nitrogens with one attached hydrogen (secondary N) is 2. The zero-order valence-corrected chi connectivity index (χ0v) is 10.7. The molecule has 0 atom stereocenters. The zero-order chi connectivity index (χ0) is 14.8. The molecule has 0 aliphatic rings. The van der Waals surface area contributed by atoms with Crippen LogP contribution in [-0.2, 0) is 10.0 Å². The first-order chi connectivity index (χ1) is 8.74. The van der Waals surface area contributed by atoms with Crippen LogP contribution in [0.2, 0.25) is 0 Å². The van der Waals surface area contributed by atoms with Crippen molar-refractivity contribution in [2.45, 2.75) is 4.90 Å². The van der Waals surface area contributed by atoms with Crippen LogP contribution in [0.5, 0.6) is 0 Å². The summed E-state index contributed by atoms with van der Waals surface area (Å²) in [6.45, 7) is 0. The molecular weight excluding hydrogens is 280 g/mol. The second-order valence-electron chi connectivity index (χ2n) is 3.31. The molecule has 0 amide bonds. The number of hydrogen-bond acceptors (Lipinski definition) is 7. The lowest BCUT2D eigenvalue weighted by atomic mass is 10.2. The van der Waals surface area contributed by atoms with Crippen molar-refractivity contribution in [1.29, 1.82) is 0 Å². The second kappa shape index (κ2) is 5.16.